The molecule has 0 atom stereocenters. The Morgan fingerprint density at radius 1 is 1.07 bits per heavy atom. The predicted octanol–water partition coefficient (Wildman–Crippen LogP) is 3.97. The van der Waals surface area contributed by atoms with Crippen LogP contribution < -0.4 is 5.32 Å². The molecule has 0 fully saturated rings. The average Bonchev–Trinajstić information content (AvgIpc) is 2.66. The Hall–Kier alpha value is -3.60. The lowest BCUT2D eigenvalue weighted by molar-refractivity contribution is -0.142. The highest BCUT2D eigenvalue weighted by molar-refractivity contribution is 5.94. The maximum atomic E-state index is 12.5. The summed E-state index contributed by atoms with van der Waals surface area (Å²) in [6.07, 6.45) is -1.86. The summed E-state index contributed by atoms with van der Waals surface area (Å²) >= 11 is 0. The molecule has 0 aliphatic heterocycles. The minimum atomic E-state index is -4.43. The Kier molecular flexibility index (Phi) is 6.93. The lowest BCUT2D eigenvalue weighted by Gasteiger charge is -2.06. The normalized spacial score (nSPS) is 11.1. The molecule has 0 bridgehead atoms. The van der Waals surface area contributed by atoms with E-state index < -0.39 is 30.2 Å². The first kappa shape index (κ1) is 20.7. The number of hydrogen-bond acceptors (Lipinski definition) is 4. The number of nitriles is 1. The molecule has 8 heteroatoms. The van der Waals surface area contributed by atoms with Gasteiger partial charge in [0, 0.05) is 11.8 Å². The van der Waals surface area contributed by atoms with Crippen molar-refractivity contribution in [3.8, 4) is 6.07 Å². The zero-order valence-corrected chi connectivity index (χ0v) is 14.5. The minimum absolute atomic E-state index is 0.261. The number of hydrogen-bond donors (Lipinski definition) is 1. The standard InChI is InChI=1S/C20H15F3N2O3/c21-20(22,23)16-6-1-14(2-7-16)5-10-19(27)28-13-18(26)25-17-8-3-15(4-9-17)11-12-24/h1-10H,11,13H2,(H,25,26)/b10-5+. The molecule has 144 valence electrons. The highest BCUT2D eigenvalue weighted by atomic mass is 19.4. The third kappa shape index (κ3) is 6.61. The van der Waals surface area contributed by atoms with Crippen LogP contribution in [0.2, 0.25) is 0 Å². The van der Waals surface area contributed by atoms with Gasteiger partial charge in [0.2, 0.25) is 0 Å². The van der Waals surface area contributed by atoms with Crippen LogP contribution >= 0.6 is 0 Å². The van der Waals surface area contributed by atoms with Gasteiger partial charge in [0.25, 0.3) is 5.91 Å². The molecule has 0 unspecified atom stereocenters. The summed E-state index contributed by atoms with van der Waals surface area (Å²) in [5.74, 6) is -1.36. The first-order valence-corrected chi connectivity index (χ1v) is 8.06. The summed E-state index contributed by atoms with van der Waals surface area (Å²) in [6, 6.07) is 12.9. The molecular formula is C20H15F3N2O3. The second-order valence-electron chi connectivity index (χ2n) is 5.64. The second kappa shape index (κ2) is 9.37. The van der Waals surface area contributed by atoms with Gasteiger partial charge in [-0.1, -0.05) is 24.3 Å². The molecule has 2 rings (SSSR count). The first-order valence-electron chi connectivity index (χ1n) is 8.06. The number of benzene rings is 2. The lowest BCUT2D eigenvalue weighted by Crippen LogP contribution is -2.20. The molecule has 0 saturated heterocycles. The lowest BCUT2D eigenvalue weighted by atomic mass is 10.1. The fourth-order valence-electron chi connectivity index (χ4n) is 2.13. The van der Waals surface area contributed by atoms with Crippen molar-refractivity contribution < 1.29 is 27.5 Å². The van der Waals surface area contributed by atoms with Crippen LogP contribution in [0.4, 0.5) is 18.9 Å². The number of ether oxygens (including phenoxy) is 1. The molecule has 5 nitrogen and oxygen atoms in total. The van der Waals surface area contributed by atoms with Crippen LogP contribution in [0.15, 0.2) is 54.6 Å². The number of halogens is 3. The zero-order valence-electron chi connectivity index (χ0n) is 14.5. The van der Waals surface area contributed by atoms with E-state index in [1.807, 2.05) is 6.07 Å². The smallest absolute Gasteiger partial charge is 0.416 e. The monoisotopic (exact) mass is 388 g/mol. The quantitative estimate of drug-likeness (QED) is 0.600. The van der Waals surface area contributed by atoms with Crippen LogP contribution in [-0.4, -0.2) is 18.5 Å². The number of rotatable bonds is 6. The van der Waals surface area contributed by atoms with E-state index in [4.69, 9.17) is 10.00 Å². The topological polar surface area (TPSA) is 79.2 Å². The van der Waals surface area contributed by atoms with Crippen molar-refractivity contribution in [3.63, 3.8) is 0 Å². The van der Waals surface area contributed by atoms with Gasteiger partial charge in [0.05, 0.1) is 18.1 Å². The summed E-state index contributed by atoms with van der Waals surface area (Å²) in [5, 5.41) is 11.1. The number of amides is 1. The fraction of sp³-hybridized carbons (Fsp3) is 0.150. The molecule has 0 radical (unpaired) electrons. The van der Waals surface area contributed by atoms with Gasteiger partial charge >= 0.3 is 12.1 Å². The predicted molar refractivity (Wildman–Crippen MR) is 95.8 cm³/mol. The Morgan fingerprint density at radius 3 is 2.29 bits per heavy atom. The molecule has 2 aromatic rings. The van der Waals surface area contributed by atoms with Gasteiger partial charge in [-0.3, -0.25) is 4.79 Å². The maximum absolute atomic E-state index is 12.5. The van der Waals surface area contributed by atoms with Crippen molar-refractivity contribution in [1.29, 1.82) is 5.26 Å². The number of alkyl halides is 3. The van der Waals surface area contributed by atoms with Crippen molar-refractivity contribution in [2.24, 2.45) is 0 Å². The average molecular weight is 388 g/mol. The Balaban J connectivity index is 1.80. The zero-order chi connectivity index (χ0) is 20.6. The number of anilines is 1. The summed E-state index contributed by atoms with van der Waals surface area (Å²) in [5.41, 5.74) is 0.889. The van der Waals surface area contributed by atoms with Gasteiger partial charge in [0.15, 0.2) is 6.61 Å². The van der Waals surface area contributed by atoms with E-state index in [1.165, 1.54) is 18.2 Å². The number of esters is 1. The van der Waals surface area contributed by atoms with Gasteiger partial charge in [-0.15, -0.1) is 0 Å². The molecular weight excluding hydrogens is 373 g/mol. The van der Waals surface area contributed by atoms with E-state index in [-0.39, 0.29) is 6.42 Å². The van der Waals surface area contributed by atoms with Crippen LogP contribution in [0.1, 0.15) is 16.7 Å². The molecule has 0 aromatic heterocycles. The molecule has 0 spiro atoms. The van der Waals surface area contributed by atoms with Gasteiger partial charge in [0.1, 0.15) is 0 Å². The van der Waals surface area contributed by atoms with Crippen LogP contribution in [0.5, 0.6) is 0 Å². The van der Waals surface area contributed by atoms with E-state index in [9.17, 15) is 22.8 Å². The Labute approximate surface area is 159 Å². The second-order valence-corrected chi connectivity index (χ2v) is 5.64. The van der Waals surface area contributed by atoms with Crippen LogP contribution in [0.3, 0.4) is 0 Å². The third-order valence-corrected chi connectivity index (χ3v) is 3.52. The largest absolute Gasteiger partial charge is 0.452 e. The van der Waals surface area contributed by atoms with E-state index in [0.717, 1.165) is 23.8 Å². The fourth-order valence-corrected chi connectivity index (χ4v) is 2.13. The highest BCUT2D eigenvalue weighted by Crippen LogP contribution is 2.29. The molecule has 1 N–H and O–H groups in total. The van der Waals surface area contributed by atoms with Crippen molar-refractivity contribution in [2.45, 2.75) is 12.6 Å². The number of nitrogens with zero attached hydrogens (tertiary/aromatic N) is 1. The molecule has 28 heavy (non-hydrogen) atoms. The van der Waals surface area contributed by atoms with Crippen LogP contribution in [0, 0.1) is 11.3 Å². The van der Waals surface area contributed by atoms with E-state index >= 15 is 0 Å². The first-order chi connectivity index (χ1) is 13.3. The number of carbonyl (C=O) groups excluding carboxylic acids is 2. The Morgan fingerprint density at radius 2 is 1.71 bits per heavy atom. The van der Waals surface area contributed by atoms with Crippen LogP contribution in [-0.2, 0) is 26.9 Å². The molecule has 0 heterocycles. The van der Waals surface area contributed by atoms with Crippen LogP contribution in [0.25, 0.3) is 6.08 Å². The van der Waals surface area contributed by atoms with Crippen molar-refractivity contribution in [1.82, 2.24) is 0 Å². The number of nitrogens with one attached hydrogen (secondary N) is 1. The molecule has 0 saturated carbocycles. The molecule has 0 aliphatic carbocycles. The van der Waals surface area contributed by atoms with Crippen molar-refractivity contribution in [3.05, 3.63) is 71.3 Å². The van der Waals surface area contributed by atoms with Crippen molar-refractivity contribution >= 4 is 23.6 Å². The van der Waals surface area contributed by atoms with Gasteiger partial charge in [-0.25, -0.2) is 4.79 Å². The van der Waals surface area contributed by atoms with Crippen molar-refractivity contribution in [2.75, 3.05) is 11.9 Å². The third-order valence-electron chi connectivity index (χ3n) is 3.52. The minimum Gasteiger partial charge on any atom is -0.452 e. The molecule has 2 aromatic carbocycles. The van der Waals surface area contributed by atoms with E-state index in [0.29, 0.717) is 11.3 Å². The van der Waals surface area contributed by atoms with Gasteiger partial charge < -0.3 is 10.1 Å². The number of carbonyl (C=O) groups is 2. The SMILES string of the molecule is N#CCc1ccc(NC(=O)COC(=O)/C=C/c2ccc(C(F)(F)F)cc2)cc1. The van der Waals surface area contributed by atoms with E-state index in [2.05, 4.69) is 5.32 Å². The van der Waals surface area contributed by atoms with E-state index in [1.54, 1.807) is 24.3 Å². The molecule has 1 amide bonds. The molecule has 0 aliphatic rings. The maximum Gasteiger partial charge on any atom is 0.416 e. The van der Waals surface area contributed by atoms with Gasteiger partial charge in [-0.2, -0.15) is 18.4 Å². The van der Waals surface area contributed by atoms with Gasteiger partial charge in [-0.05, 0) is 41.5 Å². The summed E-state index contributed by atoms with van der Waals surface area (Å²) < 4.78 is 42.2. The Bertz CT molecular complexity index is 896. The highest BCUT2D eigenvalue weighted by Gasteiger charge is 2.29. The summed E-state index contributed by atoms with van der Waals surface area (Å²) in [6.45, 7) is -0.518. The summed E-state index contributed by atoms with van der Waals surface area (Å²) in [4.78, 5) is 23.4. The summed E-state index contributed by atoms with van der Waals surface area (Å²) in [7, 11) is 0.